The van der Waals surface area contributed by atoms with Gasteiger partial charge in [-0.15, -0.1) is 0 Å². The average molecular weight is 338 g/mol. The number of rotatable bonds is 11. The molecule has 6 nitrogen and oxygen atoms in total. The average Bonchev–Trinajstić information content (AvgIpc) is 2.59. The normalized spacial score (nSPS) is 16.6. The summed E-state index contributed by atoms with van der Waals surface area (Å²) in [5.41, 5.74) is 11.5. The Morgan fingerprint density at radius 1 is 1.08 bits per heavy atom. The Kier molecular flexibility index (Phi) is 10.5. The lowest BCUT2D eigenvalue weighted by molar-refractivity contribution is -0.145. The van der Waals surface area contributed by atoms with Crippen molar-refractivity contribution < 1.29 is 14.4 Å². The van der Waals surface area contributed by atoms with Gasteiger partial charge in [-0.1, -0.05) is 44.9 Å². The SMILES string of the molecule is NCCCCCCC(=O)N(C[C]=O)C(=O)[C@@H](N)CC1CCCCC1. The molecule has 4 N–H and O–H groups in total. The van der Waals surface area contributed by atoms with Crippen LogP contribution < -0.4 is 11.5 Å². The topological polar surface area (TPSA) is 106 Å². The van der Waals surface area contributed by atoms with Crippen LogP contribution in [0.5, 0.6) is 0 Å². The van der Waals surface area contributed by atoms with Crippen molar-refractivity contribution in [2.75, 3.05) is 13.1 Å². The zero-order chi connectivity index (χ0) is 17.8. The van der Waals surface area contributed by atoms with Crippen LogP contribution in [0.4, 0.5) is 0 Å². The molecule has 0 bridgehead atoms. The van der Waals surface area contributed by atoms with Gasteiger partial charge >= 0.3 is 0 Å². The zero-order valence-corrected chi connectivity index (χ0v) is 14.7. The summed E-state index contributed by atoms with van der Waals surface area (Å²) in [7, 11) is 0. The number of unbranched alkanes of at least 4 members (excludes halogenated alkanes) is 3. The summed E-state index contributed by atoms with van der Waals surface area (Å²) in [6, 6.07) is -0.706. The first-order valence-electron chi connectivity index (χ1n) is 9.25. The Bertz CT molecular complexity index is 395. The fourth-order valence-electron chi connectivity index (χ4n) is 3.35. The van der Waals surface area contributed by atoms with Gasteiger partial charge in [-0.25, -0.2) is 0 Å². The molecule has 1 radical (unpaired) electrons. The highest BCUT2D eigenvalue weighted by Gasteiger charge is 2.28. The van der Waals surface area contributed by atoms with Gasteiger partial charge in [0.15, 0.2) is 0 Å². The predicted octanol–water partition coefficient (Wildman–Crippen LogP) is 1.66. The quantitative estimate of drug-likeness (QED) is 0.557. The van der Waals surface area contributed by atoms with Gasteiger partial charge in [0.25, 0.3) is 0 Å². The van der Waals surface area contributed by atoms with Crippen molar-refractivity contribution in [1.29, 1.82) is 0 Å². The summed E-state index contributed by atoms with van der Waals surface area (Å²) >= 11 is 0. The van der Waals surface area contributed by atoms with Crippen LogP contribution in [0, 0.1) is 5.92 Å². The number of hydrogen-bond acceptors (Lipinski definition) is 5. The number of nitrogens with two attached hydrogens (primary N) is 2. The molecule has 1 saturated carbocycles. The summed E-state index contributed by atoms with van der Waals surface area (Å²) < 4.78 is 0. The third-order valence-corrected chi connectivity index (χ3v) is 4.76. The molecule has 137 valence electrons. The van der Waals surface area contributed by atoms with E-state index in [9.17, 15) is 14.4 Å². The summed E-state index contributed by atoms with van der Waals surface area (Å²) in [6.07, 6.45) is 11.8. The molecule has 0 aromatic heterocycles. The van der Waals surface area contributed by atoms with Gasteiger partial charge in [-0.05, 0) is 31.7 Å². The van der Waals surface area contributed by atoms with Gasteiger partial charge in [0.05, 0.1) is 12.6 Å². The van der Waals surface area contributed by atoms with Crippen LogP contribution in [-0.4, -0.2) is 42.1 Å². The molecular formula is C18H32N3O3. The summed E-state index contributed by atoms with van der Waals surface area (Å²) in [5, 5.41) is 0. The molecule has 0 aromatic rings. The first-order valence-corrected chi connectivity index (χ1v) is 9.25. The molecular weight excluding hydrogens is 306 g/mol. The van der Waals surface area contributed by atoms with Crippen molar-refractivity contribution in [2.45, 2.75) is 76.7 Å². The van der Waals surface area contributed by atoms with E-state index in [1.54, 1.807) is 6.29 Å². The number of amides is 2. The lowest BCUT2D eigenvalue weighted by atomic mass is 9.84. The minimum absolute atomic E-state index is 0.258. The van der Waals surface area contributed by atoms with Crippen LogP contribution in [0.2, 0.25) is 0 Å². The van der Waals surface area contributed by atoms with Crippen molar-refractivity contribution in [1.82, 2.24) is 4.90 Å². The lowest BCUT2D eigenvalue weighted by Gasteiger charge is -2.27. The summed E-state index contributed by atoms with van der Waals surface area (Å²) in [6.45, 7) is 0.327. The van der Waals surface area contributed by atoms with Crippen molar-refractivity contribution in [3.05, 3.63) is 0 Å². The second-order valence-corrected chi connectivity index (χ2v) is 6.76. The first-order chi connectivity index (χ1) is 11.6. The number of nitrogens with zero attached hydrogens (tertiary/aromatic N) is 1. The fraction of sp³-hybridized carbons (Fsp3) is 0.833. The Morgan fingerprint density at radius 3 is 2.38 bits per heavy atom. The van der Waals surface area contributed by atoms with E-state index >= 15 is 0 Å². The van der Waals surface area contributed by atoms with E-state index in [1.165, 1.54) is 19.3 Å². The highest BCUT2D eigenvalue weighted by molar-refractivity contribution is 5.99. The van der Waals surface area contributed by atoms with Gasteiger partial charge in [-0.2, -0.15) is 0 Å². The second-order valence-electron chi connectivity index (χ2n) is 6.76. The van der Waals surface area contributed by atoms with Gasteiger partial charge in [-0.3, -0.25) is 19.3 Å². The van der Waals surface area contributed by atoms with E-state index in [-0.39, 0.29) is 18.9 Å². The third-order valence-electron chi connectivity index (χ3n) is 4.76. The maximum absolute atomic E-state index is 12.5. The number of imide groups is 1. The third kappa shape index (κ3) is 7.53. The molecule has 0 aromatic carbocycles. The van der Waals surface area contributed by atoms with Crippen LogP contribution in [0.1, 0.15) is 70.6 Å². The van der Waals surface area contributed by atoms with Crippen LogP contribution in [0.3, 0.4) is 0 Å². The van der Waals surface area contributed by atoms with E-state index in [4.69, 9.17) is 11.5 Å². The Balaban J connectivity index is 2.46. The second kappa shape index (κ2) is 12.1. The van der Waals surface area contributed by atoms with Gasteiger partial charge in [0, 0.05) is 6.42 Å². The molecule has 1 aliphatic carbocycles. The summed E-state index contributed by atoms with van der Waals surface area (Å²) in [5.74, 6) is -0.308. The molecule has 0 heterocycles. The van der Waals surface area contributed by atoms with Crippen LogP contribution in [-0.2, 0) is 14.4 Å². The molecule has 1 rings (SSSR count). The predicted molar refractivity (Wildman–Crippen MR) is 93.7 cm³/mol. The van der Waals surface area contributed by atoms with E-state index < -0.39 is 11.9 Å². The number of carbonyl (C=O) groups excluding carboxylic acids is 3. The molecule has 0 saturated heterocycles. The molecule has 1 aliphatic rings. The first kappa shape index (κ1) is 20.8. The molecule has 2 amide bonds. The minimum Gasteiger partial charge on any atom is -0.330 e. The molecule has 1 fully saturated rings. The largest absolute Gasteiger partial charge is 0.330 e. The smallest absolute Gasteiger partial charge is 0.246 e. The van der Waals surface area contributed by atoms with E-state index in [0.717, 1.165) is 37.0 Å². The fourth-order valence-corrected chi connectivity index (χ4v) is 3.35. The van der Waals surface area contributed by atoms with Crippen molar-refractivity contribution in [3.63, 3.8) is 0 Å². The van der Waals surface area contributed by atoms with Gasteiger partial charge in [0.1, 0.15) is 0 Å². The molecule has 0 spiro atoms. The Morgan fingerprint density at radius 2 is 1.75 bits per heavy atom. The van der Waals surface area contributed by atoms with Gasteiger partial charge in [0.2, 0.25) is 18.1 Å². The van der Waals surface area contributed by atoms with Crippen molar-refractivity contribution in [3.8, 4) is 0 Å². The Labute approximate surface area is 145 Å². The van der Waals surface area contributed by atoms with Crippen molar-refractivity contribution in [2.24, 2.45) is 17.4 Å². The zero-order valence-electron chi connectivity index (χ0n) is 14.7. The molecule has 6 heteroatoms. The highest BCUT2D eigenvalue weighted by Crippen LogP contribution is 2.27. The number of carbonyl (C=O) groups is 2. The summed E-state index contributed by atoms with van der Waals surface area (Å²) in [4.78, 5) is 36.4. The maximum atomic E-state index is 12.5. The molecule has 1 atom stereocenters. The standard InChI is InChI=1S/C18H32N3O3/c19-11-7-2-1-6-10-17(23)21(12-13-22)18(24)16(20)14-15-8-4-3-5-9-15/h15-16H,1-12,14,19-20H2/t16-/m0/s1. The minimum atomic E-state index is -0.706. The molecule has 0 unspecified atom stereocenters. The van der Waals surface area contributed by atoms with Crippen LogP contribution in [0.15, 0.2) is 0 Å². The van der Waals surface area contributed by atoms with Crippen LogP contribution in [0.25, 0.3) is 0 Å². The highest BCUT2D eigenvalue weighted by atomic mass is 16.2. The van der Waals surface area contributed by atoms with E-state index in [1.807, 2.05) is 0 Å². The van der Waals surface area contributed by atoms with E-state index in [0.29, 0.717) is 25.3 Å². The molecule has 24 heavy (non-hydrogen) atoms. The van der Waals surface area contributed by atoms with Gasteiger partial charge < -0.3 is 11.5 Å². The number of hydrogen-bond donors (Lipinski definition) is 2. The van der Waals surface area contributed by atoms with Crippen LogP contribution >= 0.6 is 0 Å². The van der Waals surface area contributed by atoms with Crippen molar-refractivity contribution >= 4 is 18.1 Å². The molecule has 0 aliphatic heterocycles. The van der Waals surface area contributed by atoms with E-state index in [2.05, 4.69) is 0 Å². The maximum Gasteiger partial charge on any atom is 0.246 e. The lowest BCUT2D eigenvalue weighted by Crippen LogP contribution is -2.48. The Hall–Kier alpha value is -1.27. The monoisotopic (exact) mass is 338 g/mol.